The Bertz CT molecular complexity index is 689. The molecule has 1 aromatic carbocycles. The van der Waals surface area contributed by atoms with E-state index in [1.54, 1.807) is 0 Å². The van der Waals surface area contributed by atoms with Crippen LogP contribution in [0.1, 0.15) is 12.0 Å². The maximum atomic E-state index is 12.1. The number of H-pyrrole nitrogens is 1. The number of ether oxygens (including phenoxy) is 1. The Morgan fingerprint density at radius 1 is 1.41 bits per heavy atom. The minimum atomic E-state index is -0.715. The van der Waals surface area contributed by atoms with Gasteiger partial charge >= 0.3 is 0 Å². The summed E-state index contributed by atoms with van der Waals surface area (Å²) in [5.41, 5.74) is 7.41. The van der Waals surface area contributed by atoms with Gasteiger partial charge in [0.2, 0.25) is 11.8 Å². The van der Waals surface area contributed by atoms with Crippen molar-refractivity contribution < 1.29 is 14.3 Å². The number of hydrogen-bond acceptors (Lipinski definition) is 3. The molecule has 6 heteroatoms. The average molecular weight is 301 g/mol. The van der Waals surface area contributed by atoms with Crippen LogP contribution in [0.15, 0.2) is 30.5 Å². The first-order valence-electron chi connectivity index (χ1n) is 7.37. The molecule has 1 fully saturated rings. The van der Waals surface area contributed by atoms with E-state index in [9.17, 15) is 9.59 Å². The molecule has 2 aromatic rings. The van der Waals surface area contributed by atoms with Crippen LogP contribution in [0, 0.1) is 5.92 Å². The predicted octanol–water partition coefficient (Wildman–Crippen LogP) is 0.717. The highest BCUT2D eigenvalue weighted by Crippen LogP contribution is 2.19. The van der Waals surface area contributed by atoms with Gasteiger partial charge in [-0.3, -0.25) is 9.59 Å². The molecule has 0 saturated carbocycles. The van der Waals surface area contributed by atoms with Gasteiger partial charge in [0, 0.05) is 30.1 Å². The van der Waals surface area contributed by atoms with Crippen molar-refractivity contribution in [2.24, 2.45) is 11.7 Å². The minimum Gasteiger partial charge on any atom is -0.381 e. The van der Waals surface area contributed by atoms with Crippen LogP contribution in [0.4, 0.5) is 0 Å². The highest BCUT2D eigenvalue weighted by Gasteiger charge is 2.27. The van der Waals surface area contributed by atoms with Crippen LogP contribution in [-0.2, 0) is 20.7 Å². The topological polar surface area (TPSA) is 97.2 Å². The molecule has 0 spiro atoms. The lowest BCUT2D eigenvalue weighted by molar-refractivity contribution is -0.129. The van der Waals surface area contributed by atoms with Crippen molar-refractivity contribution in [2.75, 3.05) is 13.2 Å². The lowest BCUT2D eigenvalue weighted by atomic mass is 10.0. The lowest BCUT2D eigenvalue weighted by Crippen LogP contribution is -2.48. The van der Waals surface area contributed by atoms with Gasteiger partial charge < -0.3 is 20.8 Å². The molecule has 1 aromatic heterocycles. The number of aromatic nitrogens is 1. The smallest absolute Gasteiger partial charge is 0.240 e. The van der Waals surface area contributed by atoms with Crippen molar-refractivity contribution in [1.29, 1.82) is 0 Å². The van der Waals surface area contributed by atoms with Gasteiger partial charge in [-0.05, 0) is 18.1 Å². The van der Waals surface area contributed by atoms with E-state index < -0.39 is 11.9 Å². The number of rotatable bonds is 5. The molecule has 1 saturated heterocycles. The first kappa shape index (κ1) is 14.6. The Hall–Kier alpha value is -2.34. The maximum Gasteiger partial charge on any atom is 0.240 e. The summed E-state index contributed by atoms with van der Waals surface area (Å²) in [6.07, 6.45) is 2.91. The normalized spacial score (nSPS) is 19.2. The first-order valence-corrected chi connectivity index (χ1v) is 7.37. The van der Waals surface area contributed by atoms with Crippen molar-refractivity contribution in [3.63, 3.8) is 0 Å². The number of benzene rings is 1. The molecule has 0 bridgehead atoms. The Morgan fingerprint density at radius 2 is 2.23 bits per heavy atom. The van der Waals surface area contributed by atoms with Gasteiger partial charge in [0.1, 0.15) is 6.04 Å². The van der Waals surface area contributed by atoms with Crippen LogP contribution in [0.2, 0.25) is 0 Å². The van der Waals surface area contributed by atoms with Crippen LogP contribution in [0.5, 0.6) is 0 Å². The Kier molecular flexibility index (Phi) is 4.11. The van der Waals surface area contributed by atoms with Gasteiger partial charge in [0.15, 0.2) is 0 Å². The number of primary amides is 1. The summed E-state index contributed by atoms with van der Waals surface area (Å²) in [5, 5.41) is 3.79. The number of aromatic amines is 1. The standard InChI is InChI=1S/C16H19N3O3/c17-15(20)14(19-16(21)10-5-6-22-9-10)7-11-8-18-13-4-2-1-3-12(11)13/h1-4,8,10,14,18H,5-7,9H2,(H2,17,20)(H,19,21)/t10-,14-/m0/s1. The second-order valence-electron chi connectivity index (χ2n) is 5.59. The third-order valence-electron chi connectivity index (χ3n) is 4.06. The summed E-state index contributed by atoms with van der Waals surface area (Å²) in [4.78, 5) is 27.0. The van der Waals surface area contributed by atoms with Crippen molar-refractivity contribution in [3.05, 3.63) is 36.0 Å². The maximum absolute atomic E-state index is 12.1. The number of fused-ring (bicyclic) bond motifs is 1. The molecule has 116 valence electrons. The molecule has 4 N–H and O–H groups in total. The van der Waals surface area contributed by atoms with Crippen molar-refractivity contribution in [1.82, 2.24) is 10.3 Å². The Labute approximate surface area is 128 Å². The number of nitrogens with two attached hydrogens (primary N) is 1. The zero-order valence-electron chi connectivity index (χ0n) is 12.2. The summed E-state index contributed by atoms with van der Waals surface area (Å²) in [6, 6.07) is 7.11. The quantitative estimate of drug-likeness (QED) is 0.759. The third kappa shape index (κ3) is 2.96. The molecule has 0 unspecified atom stereocenters. The summed E-state index contributed by atoms with van der Waals surface area (Å²) < 4.78 is 5.20. The monoisotopic (exact) mass is 301 g/mol. The number of hydrogen-bond donors (Lipinski definition) is 3. The van der Waals surface area contributed by atoms with Crippen molar-refractivity contribution >= 4 is 22.7 Å². The zero-order valence-corrected chi connectivity index (χ0v) is 12.2. The summed E-state index contributed by atoms with van der Waals surface area (Å²) in [7, 11) is 0. The summed E-state index contributed by atoms with van der Waals surface area (Å²) in [5.74, 6) is -0.886. The largest absolute Gasteiger partial charge is 0.381 e. The van der Waals surface area contributed by atoms with E-state index in [2.05, 4.69) is 10.3 Å². The van der Waals surface area contributed by atoms with Crippen LogP contribution < -0.4 is 11.1 Å². The highest BCUT2D eigenvalue weighted by atomic mass is 16.5. The van der Waals surface area contributed by atoms with Gasteiger partial charge in [-0.25, -0.2) is 0 Å². The van der Waals surface area contributed by atoms with Gasteiger partial charge in [-0.2, -0.15) is 0 Å². The second kappa shape index (κ2) is 6.19. The number of para-hydroxylation sites is 1. The van der Waals surface area contributed by atoms with E-state index in [0.717, 1.165) is 16.5 Å². The molecule has 1 aliphatic heterocycles. The number of nitrogens with one attached hydrogen (secondary N) is 2. The lowest BCUT2D eigenvalue weighted by Gasteiger charge is -2.17. The van der Waals surface area contributed by atoms with Crippen LogP contribution in [0.25, 0.3) is 10.9 Å². The number of amides is 2. The van der Waals surface area contributed by atoms with E-state index in [-0.39, 0.29) is 11.8 Å². The predicted molar refractivity (Wildman–Crippen MR) is 82.1 cm³/mol. The molecule has 22 heavy (non-hydrogen) atoms. The average Bonchev–Trinajstić information content (AvgIpc) is 3.16. The molecule has 2 atom stereocenters. The van der Waals surface area contributed by atoms with Gasteiger partial charge in [0.05, 0.1) is 12.5 Å². The van der Waals surface area contributed by atoms with E-state index >= 15 is 0 Å². The van der Waals surface area contributed by atoms with Gasteiger partial charge in [-0.1, -0.05) is 18.2 Å². The number of carbonyl (C=O) groups excluding carboxylic acids is 2. The van der Waals surface area contributed by atoms with Crippen molar-refractivity contribution in [2.45, 2.75) is 18.9 Å². The SMILES string of the molecule is NC(=O)[C@H](Cc1c[nH]c2ccccc12)NC(=O)[C@H]1CCOC1. The molecule has 3 rings (SSSR count). The van der Waals surface area contributed by atoms with Crippen LogP contribution in [0.3, 0.4) is 0 Å². The fourth-order valence-electron chi connectivity index (χ4n) is 2.77. The van der Waals surface area contributed by atoms with Crippen LogP contribution in [-0.4, -0.2) is 36.1 Å². The summed E-state index contributed by atoms with van der Waals surface area (Å²) >= 11 is 0. The molecule has 1 aliphatic rings. The van der Waals surface area contributed by atoms with E-state index in [4.69, 9.17) is 10.5 Å². The molecule has 0 aliphatic carbocycles. The highest BCUT2D eigenvalue weighted by molar-refractivity contribution is 5.89. The Balaban J connectivity index is 1.74. The van der Waals surface area contributed by atoms with E-state index in [0.29, 0.717) is 26.1 Å². The minimum absolute atomic E-state index is 0.166. The fourth-order valence-corrected chi connectivity index (χ4v) is 2.77. The summed E-state index contributed by atoms with van der Waals surface area (Å²) in [6.45, 7) is 0.992. The van der Waals surface area contributed by atoms with Crippen LogP contribution >= 0.6 is 0 Å². The first-order chi connectivity index (χ1) is 10.6. The fraction of sp³-hybridized carbons (Fsp3) is 0.375. The van der Waals surface area contributed by atoms with E-state index in [1.165, 1.54) is 0 Å². The number of carbonyl (C=O) groups is 2. The zero-order chi connectivity index (χ0) is 15.5. The Morgan fingerprint density at radius 3 is 2.95 bits per heavy atom. The van der Waals surface area contributed by atoms with Crippen molar-refractivity contribution in [3.8, 4) is 0 Å². The molecule has 2 amide bonds. The second-order valence-corrected chi connectivity index (χ2v) is 5.59. The van der Waals surface area contributed by atoms with Gasteiger partial charge in [-0.15, -0.1) is 0 Å². The molecular formula is C16H19N3O3. The molecular weight excluding hydrogens is 282 g/mol. The van der Waals surface area contributed by atoms with E-state index in [1.807, 2.05) is 30.5 Å². The molecule has 0 radical (unpaired) electrons. The third-order valence-corrected chi connectivity index (χ3v) is 4.06. The molecule has 6 nitrogen and oxygen atoms in total. The molecule has 2 heterocycles. The van der Waals surface area contributed by atoms with Gasteiger partial charge in [0.25, 0.3) is 0 Å².